The van der Waals surface area contributed by atoms with Crippen molar-refractivity contribution in [1.29, 1.82) is 0 Å². The fourth-order valence-corrected chi connectivity index (χ4v) is 4.85. The van der Waals surface area contributed by atoms with Crippen molar-refractivity contribution < 1.29 is 14.4 Å². The lowest BCUT2D eigenvalue weighted by Crippen LogP contribution is -2.39. The Balaban J connectivity index is 1.50. The van der Waals surface area contributed by atoms with E-state index in [1.165, 1.54) is 4.90 Å². The molecule has 0 radical (unpaired) electrons. The molecule has 1 saturated carbocycles. The summed E-state index contributed by atoms with van der Waals surface area (Å²) >= 11 is 0. The number of imide groups is 1. The summed E-state index contributed by atoms with van der Waals surface area (Å²) in [6, 6.07) is 5.98. The quantitative estimate of drug-likeness (QED) is 0.654. The molecule has 3 amide bonds. The summed E-state index contributed by atoms with van der Waals surface area (Å²) < 4.78 is 0. The molecule has 2 bridgehead atoms. The van der Waals surface area contributed by atoms with Crippen molar-refractivity contribution in [2.24, 2.45) is 23.7 Å². The van der Waals surface area contributed by atoms with Crippen LogP contribution in [0.1, 0.15) is 31.4 Å². The number of nitrogens with zero attached hydrogens (tertiary/aromatic N) is 1. The van der Waals surface area contributed by atoms with Crippen LogP contribution in [0.15, 0.2) is 30.4 Å². The molecule has 1 aromatic rings. The highest BCUT2D eigenvalue weighted by Gasteiger charge is 2.59. The van der Waals surface area contributed by atoms with Crippen LogP contribution in [-0.2, 0) is 27.2 Å². The lowest BCUT2D eigenvalue weighted by molar-refractivity contribution is -0.143. The number of rotatable bonds is 5. The highest BCUT2D eigenvalue weighted by Crippen LogP contribution is 2.52. The number of amides is 3. The van der Waals surface area contributed by atoms with Gasteiger partial charge in [-0.1, -0.05) is 44.2 Å². The average Bonchev–Trinajstić information content (AvgIpc) is 3.32. The monoisotopic (exact) mass is 352 g/mol. The van der Waals surface area contributed by atoms with Gasteiger partial charge in [0, 0.05) is 5.69 Å². The van der Waals surface area contributed by atoms with E-state index in [1.54, 1.807) is 0 Å². The minimum Gasteiger partial charge on any atom is -0.324 e. The second-order valence-corrected chi connectivity index (χ2v) is 7.47. The van der Waals surface area contributed by atoms with Gasteiger partial charge >= 0.3 is 0 Å². The van der Waals surface area contributed by atoms with Crippen molar-refractivity contribution in [3.05, 3.63) is 41.5 Å². The highest BCUT2D eigenvalue weighted by molar-refractivity contribution is 6.09. The predicted molar refractivity (Wildman–Crippen MR) is 98.3 cm³/mol. The summed E-state index contributed by atoms with van der Waals surface area (Å²) in [7, 11) is 0. The van der Waals surface area contributed by atoms with Gasteiger partial charge in [-0.25, -0.2) is 0 Å². The molecule has 4 atom stereocenters. The minimum atomic E-state index is -0.303. The standard InChI is InChI=1S/C21H24N2O3/c1-3-12-6-5-7-13(4-2)19(12)22-16(24)11-23-20(25)17-14-8-9-15(10-14)18(17)21(23)26/h5-9,14-15,17-18H,3-4,10-11H2,1-2H3,(H,22,24)/t14-,15-,17-,18+/m0/s1. The van der Waals surface area contributed by atoms with Crippen LogP contribution >= 0.6 is 0 Å². The van der Waals surface area contributed by atoms with Crippen LogP contribution < -0.4 is 5.32 Å². The normalized spacial score (nSPS) is 28.8. The molecule has 1 N–H and O–H groups in total. The SMILES string of the molecule is CCc1cccc(CC)c1NC(=O)CN1C(=O)[C@@H]2[C@H](C1=O)[C@H]1C=C[C@H]2C1. The first kappa shape index (κ1) is 17.0. The molecule has 2 aliphatic carbocycles. The largest absolute Gasteiger partial charge is 0.324 e. The summed E-state index contributed by atoms with van der Waals surface area (Å²) in [5.74, 6) is -0.816. The van der Waals surface area contributed by atoms with Gasteiger partial charge in [0.2, 0.25) is 17.7 Å². The van der Waals surface area contributed by atoms with Crippen LogP contribution in [-0.4, -0.2) is 29.2 Å². The molecule has 0 unspecified atom stereocenters. The lowest BCUT2D eigenvalue weighted by atomic mass is 9.85. The topological polar surface area (TPSA) is 66.5 Å². The third-order valence-electron chi connectivity index (χ3n) is 6.13. The molecule has 1 aliphatic heterocycles. The number of nitrogens with one attached hydrogen (secondary N) is 1. The third-order valence-corrected chi connectivity index (χ3v) is 6.13. The van der Waals surface area contributed by atoms with E-state index in [0.29, 0.717) is 0 Å². The maximum atomic E-state index is 12.7. The summed E-state index contributed by atoms with van der Waals surface area (Å²) in [6.07, 6.45) is 6.64. The summed E-state index contributed by atoms with van der Waals surface area (Å²) in [5, 5.41) is 2.95. The Hall–Kier alpha value is -2.43. The number of para-hydroxylation sites is 1. The van der Waals surface area contributed by atoms with Gasteiger partial charge in [-0.05, 0) is 42.2 Å². The fourth-order valence-electron chi connectivity index (χ4n) is 4.85. The predicted octanol–water partition coefficient (Wildman–Crippen LogP) is 2.56. The summed E-state index contributed by atoms with van der Waals surface area (Å²) in [6.45, 7) is 3.90. The van der Waals surface area contributed by atoms with E-state index in [2.05, 4.69) is 17.5 Å². The first-order chi connectivity index (χ1) is 12.5. The zero-order chi connectivity index (χ0) is 18.4. The van der Waals surface area contributed by atoms with Crippen molar-refractivity contribution in [2.45, 2.75) is 33.1 Å². The molecule has 26 heavy (non-hydrogen) atoms. The van der Waals surface area contributed by atoms with E-state index in [-0.39, 0.29) is 47.9 Å². The first-order valence-electron chi connectivity index (χ1n) is 9.49. The van der Waals surface area contributed by atoms with Crippen LogP contribution in [0.4, 0.5) is 5.69 Å². The second-order valence-electron chi connectivity index (χ2n) is 7.47. The molecule has 0 spiro atoms. The number of allylic oxidation sites excluding steroid dienone is 2. The average molecular weight is 352 g/mol. The van der Waals surface area contributed by atoms with Crippen LogP contribution in [0.5, 0.6) is 0 Å². The van der Waals surface area contributed by atoms with Crippen molar-refractivity contribution in [1.82, 2.24) is 4.90 Å². The Morgan fingerprint density at radius 1 is 1.04 bits per heavy atom. The fraction of sp³-hybridized carbons (Fsp3) is 0.476. The Morgan fingerprint density at radius 2 is 1.58 bits per heavy atom. The Kier molecular flexibility index (Phi) is 4.17. The Bertz CT molecular complexity index is 761. The Morgan fingerprint density at radius 3 is 2.08 bits per heavy atom. The maximum Gasteiger partial charge on any atom is 0.244 e. The molecule has 5 heteroatoms. The third kappa shape index (κ3) is 2.49. The number of hydrogen-bond donors (Lipinski definition) is 1. The smallest absolute Gasteiger partial charge is 0.244 e. The molecular formula is C21H24N2O3. The minimum absolute atomic E-state index is 0.169. The molecule has 4 rings (SSSR count). The summed E-state index contributed by atoms with van der Waals surface area (Å²) in [5.41, 5.74) is 2.95. The van der Waals surface area contributed by atoms with Gasteiger partial charge in [0.25, 0.3) is 0 Å². The van der Waals surface area contributed by atoms with E-state index < -0.39 is 0 Å². The molecule has 136 valence electrons. The molecule has 5 nitrogen and oxygen atoms in total. The number of carbonyl (C=O) groups is 3. The number of fused-ring (bicyclic) bond motifs is 5. The van der Waals surface area contributed by atoms with Gasteiger partial charge in [0.05, 0.1) is 11.8 Å². The van der Waals surface area contributed by atoms with Gasteiger partial charge in [0.15, 0.2) is 0 Å². The number of hydrogen-bond acceptors (Lipinski definition) is 3. The zero-order valence-electron chi connectivity index (χ0n) is 15.2. The van der Waals surface area contributed by atoms with E-state index >= 15 is 0 Å². The van der Waals surface area contributed by atoms with Crippen LogP contribution in [0.25, 0.3) is 0 Å². The number of carbonyl (C=O) groups excluding carboxylic acids is 3. The van der Waals surface area contributed by atoms with Crippen LogP contribution in [0.2, 0.25) is 0 Å². The number of likely N-dealkylation sites (tertiary alicyclic amines) is 1. The van der Waals surface area contributed by atoms with Crippen molar-refractivity contribution >= 4 is 23.4 Å². The van der Waals surface area contributed by atoms with Crippen molar-refractivity contribution in [3.63, 3.8) is 0 Å². The number of benzene rings is 1. The van der Waals surface area contributed by atoms with E-state index in [4.69, 9.17) is 0 Å². The number of aryl methyl sites for hydroxylation is 2. The van der Waals surface area contributed by atoms with Gasteiger partial charge in [0.1, 0.15) is 6.54 Å². The zero-order valence-corrected chi connectivity index (χ0v) is 15.2. The van der Waals surface area contributed by atoms with Gasteiger partial charge in [-0.15, -0.1) is 0 Å². The Labute approximate surface area is 153 Å². The van der Waals surface area contributed by atoms with E-state index in [0.717, 1.165) is 36.1 Å². The van der Waals surface area contributed by atoms with Crippen LogP contribution in [0, 0.1) is 23.7 Å². The maximum absolute atomic E-state index is 12.7. The van der Waals surface area contributed by atoms with Crippen LogP contribution in [0.3, 0.4) is 0 Å². The van der Waals surface area contributed by atoms with E-state index in [1.807, 2.05) is 32.0 Å². The molecule has 1 saturated heterocycles. The second kappa shape index (κ2) is 6.38. The number of anilines is 1. The van der Waals surface area contributed by atoms with Gasteiger partial charge < -0.3 is 5.32 Å². The van der Waals surface area contributed by atoms with Crippen molar-refractivity contribution in [3.8, 4) is 0 Å². The molecule has 3 aliphatic rings. The lowest BCUT2D eigenvalue weighted by Gasteiger charge is -2.19. The summed E-state index contributed by atoms with van der Waals surface area (Å²) in [4.78, 5) is 39.2. The molecule has 2 fully saturated rings. The van der Waals surface area contributed by atoms with Crippen molar-refractivity contribution in [2.75, 3.05) is 11.9 Å². The van der Waals surface area contributed by atoms with Gasteiger partial charge in [-0.3, -0.25) is 19.3 Å². The van der Waals surface area contributed by atoms with Gasteiger partial charge in [-0.2, -0.15) is 0 Å². The molecule has 1 aromatic carbocycles. The highest BCUT2D eigenvalue weighted by atomic mass is 16.2. The molecule has 0 aromatic heterocycles. The van der Waals surface area contributed by atoms with E-state index in [9.17, 15) is 14.4 Å². The molecule has 1 heterocycles. The molecular weight excluding hydrogens is 328 g/mol. The first-order valence-corrected chi connectivity index (χ1v) is 9.49.